The molecule has 0 bridgehead atoms. The topological polar surface area (TPSA) is 81.7 Å². The summed E-state index contributed by atoms with van der Waals surface area (Å²) in [6.45, 7) is 12.4. The van der Waals surface area contributed by atoms with Gasteiger partial charge in [0.2, 0.25) is 10.0 Å². The average Bonchev–Trinajstić information content (AvgIpc) is 2.65. The van der Waals surface area contributed by atoms with Crippen LogP contribution in [0.2, 0.25) is 10.0 Å². The summed E-state index contributed by atoms with van der Waals surface area (Å²) in [5.41, 5.74) is 0.695. The van der Waals surface area contributed by atoms with E-state index in [4.69, 9.17) is 23.2 Å². The minimum absolute atomic E-state index is 0.0225. The van der Waals surface area contributed by atoms with Gasteiger partial charge in [0.1, 0.15) is 11.0 Å². The molecule has 3 N–H and O–H groups in total. The predicted octanol–water partition coefficient (Wildman–Crippen LogP) is 4.82. The number of piperidine rings is 1. The molecule has 0 spiro atoms. The van der Waals surface area contributed by atoms with E-state index >= 15 is 0 Å². The third-order valence-electron chi connectivity index (χ3n) is 5.39. The van der Waals surface area contributed by atoms with E-state index in [-0.39, 0.29) is 27.7 Å². The number of nitrogens with zero attached hydrogens (tertiary/aromatic N) is 1. The van der Waals surface area contributed by atoms with E-state index < -0.39 is 10.0 Å². The number of phenolic OH excluding ortho intramolecular Hbond substituents is 1. The molecule has 1 aromatic rings. The molecule has 0 saturated carbocycles. The van der Waals surface area contributed by atoms with Crippen LogP contribution in [0.3, 0.4) is 0 Å². The molecule has 2 heterocycles. The normalized spacial score (nSPS) is 20.0. The third-order valence-corrected chi connectivity index (χ3v) is 9.36. The van der Waals surface area contributed by atoms with Crippen molar-refractivity contribution in [2.45, 2.75) is 63.5 Å². The first-order chi connectivity index (χ1) is 14.5. The summed E-state index contributed by atoms with van der Waals surface area (Å²) >= 11 is 13.9. The van der Waals surface area contributed by atoms with Crippen molar-refractivity contribution in [2.24, 2.45) is 5.92 Å². The summed E-state index contributed by atoms with van der Waals surface area (Å²) < 4.78 is 30.5. The van der Waals surface area contributed by atoms with Crippen LogP contribution >= 0.6 is 35.1 Å². The first-order valence-electron chi connectivity index (χ1n) is 10.8. The number of halogens is 2. The molecular formula is C21H35Cl2N3O3S2. The number of nitrogens with one attached hydrogen (secondary N) is 2. The van der Waals surface area contributed by atoms with Gasteiger partial charge < -0.3 is 10.4 Å². The maximum Gasteiger partial charge on any atom is 0.219 e. The van der Waals surface area contributed by atoms with Gasteiger partial charge in [0, 0.05) is 48.6 Å². The van der Waals surface area contributed by atoms with Crippen molar-refractivity contribution in [2.75, 3.05) is 26.2 Å². The number of phenols is 1. The summed E-state index contributed by atoms with van der Waals surface area (Å²) in [7, 11) is -3.24. The van der Waals surface area contributed by atoms with Gasteiger partial charge in [-0.3, -0.25) is 4.72 Å². The Bertz CT molecular complexity index is 835. The highest BCUT2D eigenvalue weighted by Crippen LogP contribution is 2.41. The van der Waals surface area contributed by atoms with Gasteiger partial charge in [-0.15, -0.1) is 0 Å². The lowest BCUT2D eigenvalue weighted by atomic mass is 9.86. The molecule has 178 valence electrons. The number of hydrogen-bond donors (Lipinski definition) is 3. The Hall–Kier alpha value is -0.220. The zero-order valence-corrected chi connectivity index (χ0v) is 22.1. The highest BCUT2D eigenvalue weighted by molar-refractivity contribution is 7.98. The molecule has 6 nitrogen and oxygen atoms in total. The smallest absolute Gasteiger partial charge is 0.219 e. The van der Waals surface area contributed by atoms with Gasteiger partial charge in [-0.2, -0.15) is 0 Å². The summed E-state index contributed by atoms with van der Waals surface area (Å²) in [4.78, 5) is 0. The Balaban J connectivity index is 0.00000166. The van der Waals surface area contributed by atoms with Gasteiger partial charge in [-0.05, 0) is 45.6 Å². The van der Waals surface area contributed by atoms with Crippen LogP contribution < -0.4 is 10.0 Å². The fourth-order valence-corrected chi connectivity index (χ4v) is 6.53. The summed E-state index contributed by atoms with van der Waals surface area (Å²) in [5.74, 6) is 0.265. The lowest BCUT2D eigenvalue weighted by molar-refractivity contribution is 0.233. The SMILES string of the molecule is CC.CC(C)(C)SNC(c1cc(Cl)c(Cl)cc1O)C1CCN(S(=O)(=O)C2CNC2)CC1. The standard InChI is InChI=1S/C19H29Cl2N3O3S2.C2H6/c1-19(2,3)28-23-18(14-8-15(20)16(21)9-17(14)25)12-4-6-24(7-5-12)29(26,27)13-10-22-11-13;1-2/h8-9,12-13,18,22-23,25H,4-7,10-11H2,1-3H3;1-2H3. The van der Waals surface area contributed by atoms with E-state index in [1.165, 1.54) is 6.07 Å². The Morgan fingerprint density at radius 1 is 1.16 bits per heavy atom. The maximum atomic E-state index is 12.7. The zero-order chi connectivity index (χ0) is 23.4. The fourth-order valence-electron chi connectivity index (χ4n) is 3.60. The van der Waals surface area contributed by atoms with Crippen molar-refractivity contribution in [3.63, 3.8) is 0 Å². The second kappa shape index (κ2) is 11.3. The molecule has 31 heavy (non-hydrogen) atoms. The van der Waals surface area contributed by atoms with Crippen LogP contribution in [0.15, 0.2) is 12.1 Å². The van der Waals surface area contributed by atoms with Gasteiger partial charge in [-0.25, -0.2) is 12.7 Å². The summed E-state index contributed by atoms with van der Waals surface area (Å²) in [6, 6.07) is 3.02. The molecular weight excluding hydrogens is 477 g/mol. The number of sulfonamides is 1. The number of benzene rings is 1. The van der Waals surface area contributed by atoms with Gasteiger partial charge in [-0.1, -0.05) is 49.0 Å². The lowest BCUT2D eigenvalue weighted by Gasteiger charge is -2.39. The van der Waals surface area contributed by atoms with E-state index in [1.54, 1.807) is 22.3 Å². The van der Waals surface area contributed by atoms with Crippen LogP contribution in [0, 0.1) is 5.92 Å². The molecule has 0 aromatic heterocycles. The number of rotatable bonds is 6. The molecule has 2 saturated heterocycles. The highest BCUT2D eigenvalue weighted by atomic mass is 35.5. The van der Waals surface area contributed by atoms with Crippen molar-refractivity contribution in [1.82, 2.24) is 14.3 Å². The van der Waals surface area contributed by atoms with Gasteiger partial charge in [0.05, 0.1) is 10.0 Å². The zero-order valence-electron chi connectivity index (χ0n) is 18.9. The summed E-state index contributed by atoms with van der Waals surface area (Å²) in [6.07, 6.45) is 1.42. The van der Waals surface area contributed by atoms with Gasteiger partial charge >= 0.3 is 0 Å². The minimum Gasteiger partial charge on any atom is -0.508 e. The molecule has 0 radical (unpaired) electrons. The van der Waals surface area contributed by atoms with Crippen LogP contribution in [-0.2, 0) is 10.0 Å². The molecule has 1 atom stereocenters. The molecule has 0 aliphatic carbocycles. The third kappa shape index (κ3) is 6.88. The van der Waals surface area contributed by atoms with Crippen LogP contribution in [-0.4, -0.2) is 54.0 Å². The van der Waals surface area contributed by atoms with Crippen LogP contribution in [0.25, 0.3) is 0 Å². The Morgan fingerprint density at radius 3 is 2.19 bits per heavy atom. The van der Waals surface area contributed by atoms with Crippen LogP contribution in [0.5, 0.6) is 5.75 Å². The van der Waals surface area contributed by atoms with E-state index in [0.717, 1.165) is 0 Å². The first-order valence-corrected chi connectivity index (χ1v) is 13.9. The molecule has 1 aromatic carbocycles. The fraction of sp³-hybridized carbons (Fsp3) is 0.714. The highest BCUT2D eigenvalue weighted by Gasteiger charge is 2.39. The minimum atomic E-state index is -3.24. The van der Waals surface area contributed by atoms with Gasteiger partial charge in [0.25, 0.3) is 0 Å². The largest absolute Gasteiger partial charge is 0.508 e. The second-order valence-electron chi connectivity index (χ2n) is 8.70. The van der Waals surface area contributed by atoms with E-state index in [1.807, 2.05) is 13.8 Å². The van der Waals surface area contributed by atoms with Crippen molar-refractivity contribution in [1.29, 1.82) is 0 Å². The van der Waals surface area contributed by atoms with Crippen LogP contribution in [0.1, 0.15) is 59.1 Å². The monoisotopic (exact) mass is 511 g/mol. The average molecular weight is 513 g/mol. The van der Waals surface area contributed by atoms with Crippen molar-refractivity contribution in [3.05, 3.63) is 27.7 Å². The maximum absolute atomic E-state index is 12.7. The van der Waals surface area contributed by atoms with E-state index in [2.05, 4.69) is 30.8 Å². The predicted molar refractivity (Wildman–Crippen MR) is 133 cm³/mol. The Labute approximate surface area is 201 Å². The molecule has 2 aliphatic rings. The van der Waals surface area contributed by atoms with E-state index in [0.29, 0.717) is 54.6 Å². The second-order valence-corrected chi connectivity index (χ2v) is 13.4. The van der Waals surface area contributed by atoms with E-state index in [9.17, 15) is 13.5 Å². The molecule has 0 amide bonds. The van der Waals surface area contributed by atoms with Crippen molar-refractivity contribution < 1.29 is 13.5 Å². The number of aromatic hydroxyl groups is 1. The van der Waals surface area contributed by atoms with Crippen LogP contribution in [0.4, 0.5) is 0 Å². The first kappa shape index (κ1) is 27.0. The van der Waals surface area contributed by atoms with Crippen molar-refractivity contribution in [3.8, 4) is 5.75 Å². The van der Waals surface area contributed by atoms with Crippen molar-refractivity contribution >= 4 is 45.2 Å². The number of hydrogen-bond acceptors (Lipinski definition) is 6. The van der Waals surface area contributed by atoms with Gasteiger partial charge in [0.15, 0.2) is 0 Å². The Morgan fingerprint density at radius 2 is 1.71 bits per heavy atom. The molecule has 2 fully saturated rings. The molecule has 2 aliphatic heterocycles. The molecule has 10 heteroatoms. The molecule has 3 rings (SSSR count). The molecule has 1 unspecified atom stereocenters. The summed E-state index contributed by atoms with van der Waals surface area (Å²) in [5, 5.41) is 14.0. The lowest BCUT2D eigenvalue weighted by Crippen LogP contribution is -2.57. The Kier molecular flexibility index (Phi) is 9.83. The quantitative estimate of drug-likeness (QED) is 0.475.